The molecule has 4 heteroatoms. The first-order valence-corrected chi connectivity index (χ1v) is 6.48. The van der Waals surface area contributed by atoms with Crippen LogP contribution in [-0.2, 0) is 0 Å². The molecule has 0 saturated heterocycles. The molecule has 2 aromatic rings. The van der Waals surface area contributed by atoms with Gasteiger partial charge >= 0.3 is 5.97 Å². The minimum Gasteiger partial charge on any atom is -0.478 e. The van der Waals surface area contributed by atoms with Gasteiger partial charge in [-0.1, -0.05) is 11.6 Å². The summed E-state index contributed by atoms with van der Waals surface area (Å²) < 4.78 is 0. The maximum atomic E-state index is 12.6. The van der Waals surface area contributed by atoms with Crippen molar-refractivity contribution < 1.29 is 19.5 Å². The van der Waals surface area contributed by atoms with Crippen LogP contribution in [0.1, 0.15) is 53.3 Å². The van der Waals surface area contributed by atoms with Crippen molar-refractivity contribution in [1.29, 1.82) is 0 Å². The predicted molar refractivity (Wildman–Crippen MR) is 76.2 cm³/mol. The van der Waals surface area contributed by atoms with Gasteiger partial charge in [0.05, 0.1) is 5.56 Å². The summed E-state index contributed by atoms with van der Waals surface area (Å²) in [7, 11) is 0. The molecular weight excluding hydrogens is 268 g/mol. The smallest absolute Gasteiger partial charge is 0.335 e. The average Bonchev–Trinajstić information content (AvgIpc) is 2.43. The number of carbonyl (C=O) groups is 3. The van der Waals surface area contributed by atoms with Gasteiger partial charge < -0.3 is 5.11 Å². The first kappa shape index (κ1) is 13.2. The van der Waals surface area contributed by atoms with Crippen molar-refractivity contribution in [3.05, 3.63) is 69.3 Å². The van der Waals surface area contributed by atoms with Crippen LogP contribution in [0.3, 0.4) is 0 Å². The highest BCUT2D eigenvalue weighted by Gasteiger charge is 2.31. The Labute approximate surface area is 121 Å². The molecule has 2 aromatic carbocycles. The summed E-state index contributed by atoms with van der Waals surface area (Å²) in [6, 6.07) is 7.58. The van der Waals surface area contributed by atoms with Gasteiger partial charge in [0.15, 0.2) is 11.6 Å². The Morgan fingerprint density at radius 1 is 0.905 bits per heavy atom. The number of ketones is 2. The normalized spacial score (nSPS) is 12.9. The highest BCUT2D eigenvalue weighted by molar-refractivity contribution is 6.29. The van der Waals surface area contributed by atoms with Gasteiger partial charge in [-0.15, -0.1) is 0 Å². The van der Waals surface area contributed by atoms with E-state index in [0.29, 0.717) is 11.1 Å². The van der Waals surface area contributed by atoms with Crippen LogP contribution >= 0.6 is 0 Å². The fourth-order valence-electron chi connectivity index (χ4n) is 2.79. The van der Waals surface area contributed by atoms with Crippen LogP contribution in [0.4, 0.5) is 0 Å². The van der Waals surface area contributed by atoms with Crippen LogP contribution in [0, 0.1) is 13.8 Å². The lowest BCUT2D eigenvalue weighted by Gasteiger charge is -2.20. The fraction of sp³-hybridized carbons (Fsp3) is 0.118. The van der Waals surface area contributed by atoms with Crippen molar-refractivity contribution in [2.45, 2.75) is 13.8 Å². The Bertz CT molecular complexity index is 831. The minimum absolute atomic E-state index is 0.00252. The van der Waals surface area contributed by atoms with Gasteiger partial charge in [-0.05, 0) is 43.7 Å². The molecular formula is C17H12O4. The molecule has 4 nitrogen and oxygen atoms in total. The Kier molecular flexibility index (Phi) is 2.76. The molecule has 0 heterocycles. The molecule has 0 aromatic heterocycles. The zero-order chi connectivity index (χ0) is 15.3. The number of aromatic carboxylic acids is 1. The third-order valence-electron chi connectivity index (χ3n) is 3.71. The van der Waals surface area contributed by atoms with Gasteiger partial charge in [0, 0.05) is 22.3 Å². The monoisotopic (exact) mass is 280 g/mol. The number of carboxylic acid groups (broad SMARTS) is 1. The maximum Gasteiger partial charge on any atom is 0.335 e. The minimum atomic E-state index is -1.12. The molecule has 0 amide bonds. The van der Waals surface area contributed by atoms with Crippen molar-refractivity contribution in [2.75, 3.05) is 0 Å². The number of carboxylic acids is 1. The number of fused-ring (bicyclic) bond motifs is 2. The predicted octanol–water partition coefficient (Wildman–Crippen LogP) is 2.78. The first-order chi connectivity index (χ1) is 9.90. The molecule has 1 N–H and O–H groups in total. The van der Waals surface area contributed by atoms with Crippen LogP contribution in [0.15, 0.2) is 30.3 Å². The SMILES string of the molecule is Cc1cc(C)c2c(c1)C(=O)c1cc(C(=O)O)ccc1C2=O. The van der Waals surface area contributed by atoms with E-state index in [1.54, 1.807) is 13.0 Å². The molecule has 0 aliphatic heterocycles. The molecule has 21 heavy (non-hydrogen) atoms. The number of hydrogen-bond donors (Lipinski definition) is 1. The van der Waals surface area contributed by atoms with E-state index in [-0.39, 0.29) is 28.3 Å². The third-order valence-corrected chi connectivity index (χ3v) is 3.71. The largest absolute Gasteiger partial charge is 0.478 e. The number of benzene rings is 2. The molecule has 0 saturated carbocycles. The van der Waals surface area contributed by atoms with Crippen LogP contribution in [0.25, 0.3) is 0 Å². The molecule has 0 fully saturated rings. The molecule has 0 radical (unpaired) electrons. The molecule has 104 valence electrons. The number of rotatable bonds is 1. The van der Waals surface area contributed by atoms with Crippen molar-refractivity contribution in [3.63, 3.8) is 0 Å². The summed E-state index contributed by atoms with van der Waals surface area (Å²) in [6.07, 6.45) is 0. The number of hydrogen-bond acceptors (Lipinski definition) is 3. The van der Waals surface area contributed by atoms with E-state index >= 15 is 0 Å². The van der Waals surface area contributed by atoms with Gasteiger partial charge in [0.25, 0.3) is 0 Å². The molecule has 1 aliphatic carbocycles. The lowest BCUT2D eigenvalue weighted by molar-refractivity contribution is 0.0696. The maximum absolute atomic E-state index is 12.6. The highest BCUT2D eigenvalue weighted by atomic mass is 16.4. The second-order valence-electron chi connectivity index (χ2n) is 5.23. The lowest BCUT2D eigenvalue weighted by atomic mass is 9.80. The van der Waals surface area contributed by atoms with Crippen LogP contribution in [0.2, 0.25) is 0 Å². The Hall–Kier alpha value is -2.75. The Morgan fingerprint density at radius 2 is 1.62 bits per heavy atom. The van der Waals surface area contributed by atoms with Crippen molar-refractivity contribution in [3.8, 4) is 0 Å². The summed E-state index contributed by atoms with van der Waals surface area (Å²) in [4.78, 5) is 36.2. The number of aryl methyl sites for hydroxylation is 2. The zero-order valence-corrected chi connectivity index (χ0v) is 11.6. The highest BCUT2D eigenvalue weighted by Crippen LogP contribution is 2.30. The molecule has 0 unspecified atom stereocenters. The van der Waals surface area contributed by atoms with Crippen LogP contribution < -0.4 is 0 Å². The van der Waals surface area contributed by atoms with Crippen molar-refractivity contribution >= 4 is 17.5 Å². The van der Waals surface area contributed by atoms with Gasteiger partial charge in [-0.2, -0.15) is 0 Å². The van der Waals surface area contributed by atoms with E-state index < -0.39 is 5.97 Å². The van der Waals surface area contributed by atoms with Crippen molar-refractivity contribution in [2.24, 2.45) is 0 Å². The van der Waals surface area contributed by atoms with E-state index in [4.69, 9.17) is 5.11 Å². The number of carbonyl (C=O) groups excluding carboxylic acids is 2. The summed E-state index contributed by atoms with van der Waals surface area (Å²) in [5.41, 5.74) is 2.86. The summed E-state index contributed by atoms with van der Waals surface area (Å²) in [5.74, 6) is -1.65. The Balaban J connectivity index is 2.30. The van der Waals surface area contributed by atoms with E-state index in [1.165, 1.54) is 18.2 Å². The van der Waals surface area contributed by atoms with E-state index in [0.717, 1.165) is 11.1 Å². The second-order valence-corrected chi connectivity index (χ2v) is 5.23. The van der Waals surface area contributed by atoms with E-state index in [9.17, 15) is 14.4 Å². The van der Waals surface area contributed by atoms with E-state index in [2.05, 4.69) is 0 Å². The van der Waals surface area contributed by atoms with E-state index in [1.807, 2.05) is 13.0 Å². The Morgan fingerprint density at radius 3 is 2.29 bits per heavy atom. The van der Waals surface area contributed by atoms with Crippen LogP contribution in [0.5, 0.6) is 0 Å². The molecule has 0 spiro atoms. The molecule has 1 aliphatic rings. The fourth-order valence-corrected chi connectivity index (χ4v) is 2.79. The summed E-state index contributed by atoms with van der Waals surface area (Å²) in [5, 5.41) is 9.03. The first-order valence-electron chi connectivity index (χ1n) is 6.48. The molecule has 0 bridgehead atoms. The van der Waals surface area contributed by atoms with Gasteiger partial charge in [0.1, 0.15) is 0 Å². The quantitative estimate of drug-likeness (QED) is 0.744. The zero-order valence-electron chi connectivity index (χ0n) is 11.6. The summed E-state index contributed by atoms with van der Waals surface area (Å²) >= 11 is 0. The molecule has 0 atom stereocenters. The lowest BCUT2D eigenvalue weighted by Crippen LogP contribution is -2.23. The van der Waals surface area contributed by atoms with Crippen molar-refractivity contribution in [1.82, 2.24) is 0 Å². The van der Waals surface area contributed by atoms with Gasteiger partial charge in [-0.25, -0.2) is 4.79 Å². The topological polar surface area (TPSA) is 71.4 Å². The average molecular weight is 280 g/mol. The van der Waals surface area contributed by atoms with Gasteiger partial charge in [-0.3, -0.25) is 9.59 Å². The summed E-state index contributed by atoms with van der Waals surface area (Å²) in [6.45, 7) is 3.65. The standard InChI is InChI=1S/C17H12O4/c1-8-5-9(2)14-13(6-8)15(18)12-7-10(17(20)21)3-4-11(12)16(14)19/h3-7H,1-2H3,(H,20,21). The van der Waals surface area contributed by atoms with Gasteiger partial charge in [0.2, 0.25) is 0 Å². The second kappa shape index (κ2) is 4.38. The third kappa shape index (κ3) is 1.88. The van der Waals surface area contributed by atoms with Crippen LogP contribution in [-0.4, -0.2) is 22.6 Å². The molecule has 3 rings (SSSR count).